The summed E-state index contributed by atoms with van der Waals surface area (Å²) in [5, 5.41) is 71.7. The van der Waals surface area contributed by atoms with E-state index in [0.29, 0.717) is 124 Å². The van der Waals surface area contributed by atoms with Crippen LogP contribution in [-0.4, -0.2) is 261 Å². The first-order chi connectivity index (χ1) is 68.2. The van der Waals surface area contributed by atoms with Gasteiger partial charge in [0.05, 0.1) is 109 Å². The number of benzene rings is 9. The van der Waals surface area contributed by atoms with Gasteiger partial charge in [-0.1, -0.05) is 165 Å². The zero-order valence-corrected chi connectivity index (χ0v) is 88.6. The number of hydrogen-bond acceptors (Lipinski definition) is 24. The highest BCUT2D eigenvalue weighted by Crippen LogP contribution is 2.42. The second kappa shape index (κ2) is 54.9. The van der Waals surface area contributed by atoms with E-state index in [1.54, 1.807) is 82.8 Å². The largest absolute Gasteiger partial charge is 0.508 e. The molecule has 30 nitrogen and oxygen atoms in total. The summed E-state index contributed by atoms with van der Waals surface area (Å²) in [5.74, 6) is 4.14. The molecular formula is C114H154N10O20. The number of carbonyl (C=O) groups is 5. The van der Waals surface area contributed by atoms with Crippen LogP contribution in [0.2, 0.25) is 0 Å². The zero-order chi connectivity index (χ0) is 105. The predicted octanol–water partition coefficient (Wildman–Crippen LogP) is 15.7. The smallest absolute Gasteiger partial charge is 0.258 e. The van der Waals surface area contributed by atoms with Gasteiger partial charge in [0, 0.05) is 103 Å². The van der Waals surface area contributed by atoms with Gasteiger partial charge in [0.25, 0.3) is 23.6 Å². The quantitative estimate of drug-likeness (QED) is 0.00866. The Labute approximate surface area is 851 Å². The van der Waals surface area contributed by atoms with Gasteiger partial charge in [-0.2, -0.15) is 0 Å². The van der Waals surface area contributed by atoms with E-state index in [0.717, 1.165) is 115 Å². The van der Waals surface area contributed by atoms with Gasteiger partial charge >= 0.3 is 0 Å². The third-order valence-electron chi connectivity index (χ3n) is 25.8. The number of hydrogen-bond donors (Lipinski definition) is 8. The highest BCUT2D eigenvalue weighted by Gasteiger charge is 2.36. The van der Waals surface area contributed by atoms with Crippen LogP contribution in [-0.2, 0) is 87.8 Å². The number of aromatic hydroxyl groups is 2. The fourth-order valence-electron chi connectivity index (χ4n) is 17.8. The minimum Gasteiger partial charge on any atom is -0.508 e. The molecule has 9 aromatic rings. The summed E-state index contributed by atoms with van der Waals surface area (Å²) in [5.41, 5.74) is 21.8. The standard InChI is InChI=1S/C24H32N2O4.C23H30N2O4.C22H28N2O4.C21H23NO4.C13H18N2O2.C9H14O.C2H7N.H2O/c1-15(2)19-10-20(23(30-6)11-22(19)29-5)24(28)26-12-17-8-7-16(9-18(17)13-26)21(14-27)25(3)4;1-6-15-10-19(22(29-5)11-21(15)28-4)23(27)25-12-17-8-7-16(9-18(17)13-25)20(26)14-24(2)3;1-13(2)17-8-18(20(26)9-19(17)25)22(28)24-10-15-6-5-14(7-16(15)11-24)21(27)12-23(3)4;1-4-13-8-17(19(25-3)9-18(13)24-2)21(23)22-10-15-6-5-14(20-12-26-20)7-16(15)11-22;1-14(2)13(8-16)10-3-4-11-6-15(9-17)7-12(11)5-10;1-4-9(10)7-5-6-8(2)3;1-3-2;/h7-11,15,21,27H,12-14H2,1-6H3;7-11,20,26H,6,12-14H2,1-5H3;5-9,13,21,25-27H,10-12H2,1-4H3;5-9,20H,4,10-12H2,1-3H3;3-5,9,13,16H,6-8H2,1-2H3;4-8,10H,1H2,2-3H3;3H,1-2H3;1H2/b;;;;;6-5+,9-7+;;. The van der Waals surface area contributed by atoms with E-state index in [9.17, 15) is 54.6 Å². The van der Waals surface area contributed by atoms with E-state index < -0.39 is 12.2 Å². The minimum atomic E-state index is -0.584. The molecule has 0 aromatic heterocycles. The lowest BCUT2D eigenvalue weighted by Gasteiger charge is -2.23. The molecule has 1 fully saturated rings. The zero-order valence-electron chi connectivity index (χ0n) is 88.6. The molecule has 144 heavy (non-hydrogen) atoms. The third kappa shape index (κ3) is 30.2. The Balaban J connectivity index is 0.000000214. The van der Waals surface area contributed by atoms with Crippen molar-refractivity contribution in [2.24, 2.45) is 5.92 Å². The number of rotatable bonds is 31. The Morgan fingerprint density at radius 3 is 1.11 bits per heavy atom. The summed E-state index contributed by atoms with van der Waals surface area (Å²) in [6, 6.07) is 44.4. The molecule has 6 heterocycles. The maximum absolute atomic E-state index is 13.4. The Kier molecular flexibility index (Phi) is 44.4. The number of likely N-dealkylation sites (N-methyl/N-ethyl adjacent to an activating group) is 4. The Morgan fingerprint density at radius 1 is 0.444 bits per heavy atom. The summed E-state index contributed by atoms with van der Waals surface area (Å²) in [6.07, 6.45) is 8.39. The van der Waals surface area contributed by atoms with Crippen molar-refractivity contribution in [3.63, 3.8) is 0 Å². The SMILES string of the molecule is C=C/C(O)=C\C=C\C(C)C.CC(C)c1cc(C(=O)N2Cc3ccc(C(O)CN(C)C)cc3C2)c(O)cc1O.CCc1cc(C(=O)N2Cc3ccc(C(O)CN(C)C)cc3C2)c(OC)cc1OC.CCc1cc(C(=O)N2Cc3ccc(C4CO4)cc3C2)c(OC)cc1OC.CN(C)C(CO)c1ccc2c(c1)CN(C=O)C2.CNC.COc1cc(OC)c(C(C)C)cc1C(=O)N1Cc2ccc(C(CO)N(C)C)cc2C1.O. The average molecular weight is 1980 g/mol. The van der Waals surface area contributed by atoms with Crippen LogP contribution in [0.5, 0.6) is 46.0 Å². The third-order valence-corrected chi connectivity index (χ3v) is 25.8. The lowest BCUT2D eigenvalue weighted by Crippen LogP contribution is -2.26. The number of methoxy groups -OCH3 is 6. The maximum atomic E-state index is 13.4. The van der Waals surface area contributed by atoms with Gasteiger partial charge in [-0.15, -0.1) is 0 Å². The van der Waals surface area contributed by atoms with E-state index in [2.05, 4.69) is 82.1 Å². The van der Waals surface area contributed by atoms with Crippen LogP contribution in [0.1, 0.15) is 245 Å². The van der Waals surface area contributed by atoms with Crippen molar-refractivity contribution >= 4 is 30.0 Å². The molecule has 0 radical (unpaired) electrons. The molecular weight excluding hydrogens is 1830 g/mol. The van der Waals surface area contributed by atoms with Gasteiger partial charge in [-0.05, 0) is 243 Å². The Hall–Kier alpha value is -12.7. The molecule has 30 heteroatoms. The summed E-state index contributed by atoms with van der Waals surface area (Å²) in [7, 11) is 28.8. The molecule has 9 aromatic carbocycles. The molecule has 0 saturated carbocycles. The number of epoxide rings is 1. The molecule has 1 saturated heterocycles. The van der Waals surface area contributed by atoms with Crippen molar-refractivity contribution in [2.75, 3.05) is 146 Å². The molecule has 5 amide bonds. The van der Waals surface area contributed by atoms with Crippen LogP contribution in [0.4, 0.5) is 0 Å². The molecule has 6 aliphatic rings. The topological polar surface area (TPSA) is 368 Å². The maximum Gasteiger partial charge on any atom is 0.258 e. The fourth-order valence-corrected chi connectivity index (χ4v) is 17.8. The fraction of sp³-hybridized carbons (Fsp3) is 0.430. The molecule has 780 valence electrons. The molecule has 0 bridgehead atoms. The van der Waals surface area contributed by atoms with Crippen molar-refractivity contribution in [3.8, 4) is 46.0 Å². The highest BCUT2D eigenvalue weighted by molar-refractivity contribution is 6.00. The summed E-state index contributed by atoms with van der Waals surface area (Å²) >= 11 is 0. The molecule has 0 aliphatic carbocycles. The second-order valence-electron chi connectivity index (χ2n) is 38.4. The number of aliphatic hydroxyl groups excluding tert-OH is 5. The van der Waals surface area contributed by atoms with E-state index in [4.69, 9.17) is 38.3 Å². The van der Waals surface area contributed by atoms with Gasteiger partial charge in [0.1, 0.15) is 57.9 Å². The molecule has 5 unspecified atom stereocenters. The first kappa shape index (κ1) is 117. The molecule has 5 atom stereocenters. The van der Waals surface area contributed by atoms with E-state index in [1.807, 2.05) is 211 Å². The molecule has 0 spiro atoms. The summed E-state index contributed by atoms with van der Waals surface area (Å²) < 4.78 is 38.1. The Bertz CT molecular complexity index is 5910. The number of phenolic OH excluding ortho intramolecular Hbond substituents is 2. The van der Waals surface area contributed by atoms with E-state index >= 15 is 0 Å². The van der Waals surface area contributed by atoms with Crippen LogP contribution in [0.15, 0.2) is 176 Å². The highest BCUT2D eigenvalue weighted by atomic mass is 16.6. The van der Waals surface area contributed by atoms with Crippen LogP contribution in [0.3, 0.4) is 0 Å². The molecule has 15 rings (SSSR count). The summed E-state index contributed by atoms with van der Waals surface area (Å²) in [6.45, 7) is 27.4. The van der Waals surface area contributed by atoms with Gasteiger partial charge in [0.2, 0.25) is 6.41 Å². The van der Waals surface area contributed by atoms with Gasteiger partial charge in [-0.25, -0.2) is 0 Å². The Morgan fingerprint density at radius 2 is 0.771 bits per heavy atom. The van der Waals surface area contributed by atoms with Crippen LogP contribution in [0.25, 0.3) is 0 Å². The van der Waals surface area contributed by atoms with E-state index in [-0.39, 0.29) is 95.2 Å². The monoisotopic (exact) mass is 1980 g/mol. The van der Waals surface area contributed by atoms with Gasteiger partial charge in [-0.3, -0.25) is 24.0 Å². The van der Waals surface area contributed by atoms with Crippen LogP contribution < -0.4 is 33.7 Å². The lowest BCUT2D eigenvalue weighted by molar-refractivity contribution is -0.118. The molecule has 10 N–H and O–H groups in total. The number of aryl methyl sites for hydroxylation is 2. The second-order valence-corrected chi connectivity index (χ2v) is 38.4. The van der Waals surface area contributed by atoms with Crippen molar-refractivity contribution in [1.82, 2.24) is 49.4 Å². The van der Waals surface area contributed by atoms with Crippen molar-refractivity contribution in [3.05, 3.63) is 304 Å². The number of carbonyl (C=O) groups excluding carboxylic acids is 5. The average Bonchev–Trinajstić information content (AvgIpc) is 1.63. The number of nitrogens with zero attached hydrogens (tertiary/aromatic N) is 9. The lowest BCUT2D eigenvalue weighted by atomic mass is 9.98. The minimum absolute atomic E-state index is 0. The number of amides is 5. The van der Waals surface area contributed by atoms with E-state index in [1.165, 1.54) is 40.0 Å². The van der Waals surface area contributed by atoms with Crippen molar-refractivity contribution in [2.45, 2.75) is 176 Å². The summed E-state index contributed by atoms with van der Waals surface area (Å²) in [4.78, 5) is 80.4. The van der Waals surface area contributed by atoms with Crippen LogP contribution >= 0.6 is 0 Å². The normalized spacial score (nSPS) is 14.8. The van der Waals surface area contributed by atoms with Crippen molar-refractivity contribution in [1.29, 1.82) is 0 Å². The number of nitrogens with one attached hydrogen (secondary N) is 1. The number of ether oxygens (including phenoxy) is 7. The van der Waals surface area contributed by atoms with Crippen LogP contribution in [0, 0.1) is 5.92 Å². The first-order valence-corrected chi connectivity index (χ1v) is 48.6. The van der Waals surface area contributed by atoms with Gasteiger partial charge < -0.3 is 124 Å². The molecule has 6 aliphatic heterocycles. The number of allylic oxidation sites excluding steroid dienone is 4. The van der Waals surface area contributed by atoms with Crippen molar-refractivity contribution < 1.29 is 98.4 Å². The number of phenols is 2. The predicted molar refractivity (Wildman–Crippen MR) is 563 cm³/mol. The first-order valence-electron chi connectivity index (χ1n) is 48.6. The van der Waals surface area contributed by atoms with Gasteiger partial charge in [0.15, 0.2) is 0 Å². The number of aliphatic hydroxyl groups is 5. The number of fused-ring (bicyclic) bond motifs is 5.